The van der Waals surface area contributed by atoms with Crippen molar-refractivity contribution in [1.29, 1.82) is 0 Å². The highest BCUT2D eigenvalue weighted by Crippen LogP contribution is 2.35. The normalized spacial score (nSPS) is 21.2. The first-order chi connectivity index (χ1) is 14.3. The minimum Gasteiger partial charge on any atom is -0.395 e. The van der Waals surface area contributed by atoms with Gasteiger partial charge in [-0.25, -0.2) is 0 Å². The van der Waals surface area contributed by atoms with E-state index in [4.69, 9.17) is 0 Å². The fourth-order valence-corrected chi connectivity index (χ4v) is 5.39. The molecule has 2 fully saturated rings. The molecule has 1 atom stereocenters. The molecule has 29 heavy (non-hydrogen) atoms. The van der Waals surface area contributed by atoms with Crippen molar-refractivity contribution < 1.29 is 5.11 Å². The van der Waals surface area contributed by atoms with Crippen LogP contribution in [0.15, 0.2) is 48.5 Å². The Morgan fingerprint density at radius 1 is 0.897 bits per heavy atom. The van der Waals surface area contributed by atoms with Crippen molar-refractivity contribution in [1.82, 2.24) is 9.88 Å². The number of aromatic amines is 1. The lowest BCUT2D eigenvalue weighted by Crippen LogP contribution is -2.31. The van der Waals surface area contributed by atoms with Crippen molar-refractivity contribution in [3.8, 4) is 11.1 Å². The average molecular weight is 389 g/mol. The Labute approximate surface area is 173 Å². The maximum Gasteiger partial charge on any atom is 0.0587 e. The first-order valence-electron chi connectivity index (χ1n) is 11.4. The van der Waals surface area contributed by atoms with Gasteiger partial charge in [0.15, 0.2) is 0 Å². The Hall–Kier alpha value is -2.10. The zero-order chi connectivity index (χ0) is 19.6. The van der Waals surface area contributed by atoms with Crippen LogP contribution in [0.25, 0.3) is 22.0 Å². The number of fused-ring (bicyclic) bond motifs is 1. The van der Waals surface area contributed by atoms with Gasteiger partial charge < -0.3 is 10.1 Å². The van der Waals surface area contributed by atoms with E-state index in [-0.39, 0.29) is 6.61 Å². The molecule has 1 saturated heterocycles. The SMILES string of the molecule is OC[C@H]1CCCN1Cc1cc2cc(-c3cccc(C4CCCCC4)c3)ccc2[nH]1. The van der Waals surface area contributed by atoms with E-state index in [9.17, 15) is 5.11 Å². The summed E-state index contributed by atoms with van der Waals surface area (Å²) in [4.78, 5) is 5.99. The molecule has 1 aromatic heterocycles. The van der Waals surface area contributed by atoms with Gasteiger partial charge in [-0.3, -0.25) is 4.90 Å². The van der Waals surface area contributed by atoms with Gasteiger partial charge in [0.05, 0.1) is 6.61 Å². The molecule has 3 nitrogen and oxygen atoms in total. The molecule has 1 aliphatic heterocycles. The summed E-state index contributed by atoms with van der Waals surface area (Å²) in [6.45, 7) is 2.24. The number of nitrogens with zero attached hydrogens (tertiary/aromatic N) is 1. The summed E-state index contributed by atoms with van der Waals surface area (Å²) in [5.74, 6) is 0.742. The average Bonchev–Trinajstić information content (AvgIpc) is 3.40. The molecule has 3 aromatic rings. The van der Waals surface area contributed by atoms with Crippen LogP contribution < -0.4 is 0 Å². The van der Waals surface area contributed by atoms with Gasteiger partial charge in [-0.2, -0.15) is 0 Å². The number of aliphatic hydroxyl groups is 1. The van der Waals surface area contributed by atoms with Gasteiger partial charge in [-0.05, 0) is 73.0 Å². The highest BCUT2D eigenvalue weighted by molar-refractivity contribution is 5.86. The highest BCUT2D eigenvalue weighted by atomic mass is 16.3. The van der Waals surface area contributed by atoms with Crippen LogP contribution in [0.1, 0.15) is 62.1 Å². The lowest BCUT2D eigenvalue weighted by atomic mass is 9.83. The number of aromatic nitrogens is 1. The molecule has 1 aliphatic carbocycles. The molecule has 5 rings (SSSR count). The number of rotatable bonds is 5. The van der Waals surface area contributed by atoms with Crippen molar-refractivity contribution in [2.45, 2.75) is 63.5 Å². The number of hydrogen-bond donors (Lipinski definition) is 2. The minimum atomic E-state index is 0.266. The van der Waals surface area contributed by atoms with Crippen LogP contribution in [0, 0.1) is 0 Å². The van der Waals surface area contributed by atoms with Gasteiger partial charge in [0, 0.05) is 29.2 Å². The zero-order valence-electron chi connectivity index (χ0n) is 17.2. The van der Waals surface area contributed by atoms with E-state index >= 15 is 0 Å². The Morgan fingerprint density at radius 3 is 2.62 bits per heavy atom. The molecule has 0 radical (unpaired) electrons. The number of benzene rings is 2. The van der Waals surface area contributed by atoms with Crippen molar-refractivity contribution >= 4 is 10.9 Å². The summed E-state index contributed by atoms with van der Waals surface area (Å²) in [5.41, 5.74) is 6.59. The van der Waals surface area contributed by atoms with Crippen LogP contribution in [0.4, 0.5) is 0 Å². The van der Waals surface area contributed by atoms with Crippen molar-refractivity contribution in [3.05, 3.63) is 59.8 Å². The second kappa shape index (κ2) is 8.33. The molecule has 2 heterocycles. The maximum absolute atomic E-state index is 9.58. The lowest BCUT2D eigenvalue weighted by Gasteiger charge is -2.22. The smallest absolute Gasteiger partial charge is 0.0587 e. The monoisotopic (exact) mass is 388 g/mol. The predicted octanol–water partition coefficient (Wildman–Crippen LogP) is 5.84. The van der Waals surface area contributed by atoms with Crippen LogP contribution in [0.5, 0.6) is 0 Å². The van der Waals surface area contributed by atoms with E-state index in [0.717, 1.165) is 25.4 Å². The second-order valence-electron chi connectivity index (χ2n) is 9.01. The summed E-state index contributed by atoms with van der Waals surface area (Å²) in [7, 11) is 0. The summed E-state index contributed by atoms with van der Waals surface area (Å²) < 4.78 is 0. The van der Waals surface area contributed by atoms with Gasteiger partial charge in [0.1, 0.15) is 0 Å². The number of hydrogen-bond acceptors (Lipinski definition) is 2. The predicted molar refractivity (Wildman–Crippen MR) is 120 cm³/mol. The third-order valence-corrected chi connectivity index (χ3v) is 7.06. The number of aliphatic hydroxyl groups excluding tert-OH is 1. The van der Waals surface area contributed by atoms with Crippen molar-refractivity contribution in [2.24, 2.45) is 0 Å². The topological polar surface area (TPSA) is 39.3 Å². The molecular formula is C26H32N2O. The minimum absolute atomic E-state index is 0.266. The first kappa shape index (κ1) is 18.9. The molecule has 0 unspecified atom stereocenters. The van der Waals surface area contributed by atoms with Crippen LogP contribution in [0.3, 0.4) is 0 Å². The van der Waals surface area contributed by atoms with E-state index in [1.54, 1.807) is 0 Å². The molecule has 2 N–H and O–H groups in total. The quantitative estimate of drug-likeness (QED) is 0.576. The molecule has 0 spiro atoms. The van der Waals surface area contributed by atoms with E-state index < -0.39 is 0 Å². The van der Waals surface area contributed by atoms with E-state index in [1.165, 1.54) is 71.8 Å². The van der Waals surface area contributed by atoms with Crippen LogP contribution in [-0.2, 0) is 6.54 Å². The Bertz CT molecular complexity index is 970. The third-order valence-electron chi connectivity index (χ3n) is 7.06. The Morgan fingerprint density at radius 2 is 1.76 bits per heavy atom. The molecule has 2 aromatic carbocycles. The molecule has 0 bridgehead atoms. The molecule has 152 valence electrons. The number of H-pyrrole nitrogens is 1. The summed E-state index contributed by atoms with van der Waals surface area (Å²) in [6, 6.07) is 18.6. The molecule has 3 heteroatoms. The van der Waals surface area contributed by atoms with Crippen molar-refractivity contribution in [3.63, 3.8) is 0 Å². The number of likely N-dealkylation sites (tertiary alicyclic amines) is 1. The highest BCUT2D eigenvalue weighted by Gasteiger charge is 2.24. The van der Waals surface area contributed by atoms with Crippen LogP contribution >= 0.6 is 0 Å². The van der Waals surface area contributed by atoms with E-state index in [2.05, 4.69) is 58.4 Å². The zero-order valence-corrected chi connectivity index (χ0v) is 17.2. The van der Waals surface area contributed by atoms with Crippen LogP contribution in [-0.4, -0.2) is 34.2 Å². The summed E-state index contributed by atoms with van der Waals surface area (Å²) in [6.07, 6.45) is 9.14. The van der Waals surface area contributed by atoms with Gasteiger partial charge in [-0.15, -0.1) is 0 Å². The second-order valence-corrected chi connectivity index (χ2v) is 9.01. The third kappa shape index (κ3) is 3.99. The Kier molecular flexibility index (Phi) is 5.43. The summed E-state index contributed by atoms with van der Waals surface area (Å²) >= 11 is 0. The lowest BCUT2D eigenvalue weighted by molar-refractivity contribution is 0.152. The molecule has 2 aliphatic rings. The van der Waals surface area contributed by atoms with Gasteiger partial charge >= 0.3 is 0 Å². The maximum atomic E-state index is 9.58. The fourth-order valence-electron chi connectivity index (χ4n) is 5.39. The standard InChI is InChI=1S/C26H32N2O/c29-18-25-10-5-13-28(25)17-24-16-23-15-22(11-12-26(23)27-24)21-9-4-8-20(14-21)19-6-2-1-3-7-19/h4,8-9,11-12,14-16,19,25,27,29H,1-3,5-7,10,13,17-18H2/t25-/m1/s1. The number of nitrogens with one attached hydrogen (secondary N) is 1. The van der Waals surface area contributed by atoms with Gasteiger partial charge in [0.2, 0.25) is 0 Å². The van der Waals surface area contributed by atoms with E-state index in [0.29, 0.717) is 6.04 Å². The summed E-state index contributed by atoms with van der Waals surface area (Å²) in [5, 5.41) is 10.9. The molecule has 0 amide bonds. The van der Waals surface area contributed by atoms with Gasteiger partial charge in [-0.1, -0.05) is 49.6 Å². The van der Waals surface area contributed by atoms with Gasteiger partial charge in [0.25, 0.3) is 0 Å². The Balaban J connectivity index is 1.38. The first-order valence-corrected chi connectivity index (χ1v) is 11.4. The molecule has 1 saturated carbocycles. The van der Waals surface area contributed by atoms with Crippen LogP contribution in [0.2, 0.25) is 0 Å². The largest absolute Gasteiger partial charge is 0.395 e. The fraction of sp³-hybridized carbons (Fsp3) is 0.462. The van der Waals surface area contributed by atoms with E-state index in [1.807, 2.05) is 0 Å². The molecular weight excluding hydrogens is 356 g/mol. The van der Waals surface area contributed by atoms with Crippen molar-refractivity contribution in [2.75, 3.05) is 13.2 Å².